The lowest BCUT2D eigenvalue weighted by molar-refractivity contribution is 0.0460. The topological polar surface area (TPSA) is 103 Å². The van der Waals surface area contributed by atoms with E-state index in [1.165, 1.54) is 0 Å². The molecule has 0 saturated carbocycles. The number of hydrogen-bond donors (Lipinski definition) is 3. The molecule has 0 aromatic carbocycles. The molecule has 4 N–H and O–H groups in total. The number of rotatable bonds is 6. The van der Waals surface area contributed by atoms with Crippen LogP contribution in [-0.2, 0) is 9.47 Å². The van der Waals surface area contributed by atoms with Gasteiger partial charge in [-0.3, -0.25) is 0 Å². The first-order valence-corrected chi connectivity index (χ1v) is 7.59. The van der Waals surface area contributed by atoms with E-state index in [1.807, 2.05) is 0 Å². The Hall–Kier alpha value is -1.50. The summed E-state index contributed by atoms with van der Waals surface area (Å²) in [6, 6.07) is -0.258. The smallest absolute Gasteiger partial charge is 0.407 e. The van der Waals surface area contributed by atoms with E-state index in [-0.39, 0.29) is 12.6 Å². The minimum Gasteiger partial charge on any atom is -0.444 e. The maximum Gasteiger partial charge on any atom is 0.407 e. The van der Waals surface area contributed by atoms with Crippen LogP contribution in [0.2, 0.25) is 0 Å². The van der Waals surface area contributed by atoms with Crippen LogP contribution in [0.25, 0.3) is 0 Å². The summed E-state index contributed by atoms with van der Waals surface area (Å²) in [5.74, 6) is 0. The Balaban J connectivity index is 4.39. The molecule has 0 heterocycles. The minimum absolute atomic E-state index is 0.258. The van der Waals surface area contributed by atoms with Crippen molar-refractivity contribution in [2.75, 3.05) is 13.1 Å². The molecule has 0 aromatic heterocycles. The van der Waals surface area contributed by atoms with Gasteiger partial charge in [0.2, 0.25) is 0 Å². The van der Waals surface area contributed by atoms with E-state index in [0.717, 1.165) is 6.42 Å². The zero-order valence-electron chi connectivity index (χ0n) is 14.6. The summed E-state index contributed by atoms with van der Waals surface area (Å²) in [6.45, 7) is 11.5. The maximum atomic E-state index is 11.8. The summed E-state index contributed by atoms with van der Waals surface area (Å²) in [6.07, 6.45) is 0.346. The van der Waals surface area contributed by atoms with Crippen LogP contribution in [0, 0.1) is 0 Å². The number of nitrogens with two attached hydrogens (primary N) is 1. The van der Waals surface area contributed by atoms with Gasteiger partial charge in [0.25, 0.3) is 0 Å². The number of amides is 2. The van der Waals surface area contributed by atoms with Gasteiger partial charge in [0.05, 0.1) is 0 Å². The Kier molecular flexibility index (Phi) is 8.22. The van der Waals surface area contributed by atoms with E-state index in [0.29, 0.717) is 13.0 Å². The fourth-order valence-corrected chi connectivity index (χ4v) is 1.58. The molecule has 0 saturated heterocycles. The molecule has 0 aliphatic heterocycles. The summed E-state index contributed by atoms with van der Waals surface area (Å²) in [5.41, 5.74) is 4.36. The van der Waals surface area contributed by atoms with Crippen molar-refractivity contribution >= 4 is 12.2 Å². The Bertz CT molecular complexity index is 359. The molecule has 130 valence electrons. The van der Waals surface area contributed by atoms with Gasteiger partial charge in [-0.2, -0.15) is 0 Å². The SMILES string of the molecule is CC(C)(C)OC(=O)NCC(CCCN)NC(=O)OC(C)(C)C. The lowest BCUT2D eigenvalue weighted by atomic mass is 10.1. The molecule has 0 spiro atoms. The minimum atomic E-state index is -0.568. The van der Waals surface area contributed by atoms with Gasteiger partial charge in [-0.25, -0.2) is 9.59 Å². The predicted molar refractivity (Wildman–Crippen MR) is 85.7 cm³/mol. The zero-order valence-corrected chi connectivity index (χ0v) is 14.6. The number of carbonyl (C=O) groups is 2. The highest BCUT2D eigenvalue weighted by Gasteiger charge is 2.21. The Morgan fingerprint density at radius 3 is 1.95 bits per heavy atom. The molecular weight excluding hydrogens is 286 g/mol. The number of nitrogens with one attached hydrogen (secondary N) is 2. The normalized spacial score (nSPS) is 13.2. The van der Waals surface area contributed by atoms with Crippen LogP contribution in [-0.4, -0.2) is 42.5 Å². The van der Waals surface area contributed by atoms with Crippen LogP contribution >= 0.6 is 0 Å². The average Bonchev–Trinajstić information content (AvgIpc) is 2.28. The van der Waals surface area contributed by atoms with Gasteiger partial charge >= 0.3 is 12.2 Å². The number of ether oxygens (including phenoxy) is 2. The Morgan fingerprint density at radius 1 is 1.00 bits per heavy atom. The fourth-order valence-electron chi connectivity index (χ4n) is 1.58. The van der Waals surface area contributed by atoms with Crippen molar-refractivity contribution in [2.24, 2.45) is 5.73 Å². The summed E-state index contributed by atoms with van der Waals surface area (Å²) < 4.78 is 10.4. The molecule has 1 atom stereocenters. The summed E-state index contributed by atoms with van der Waals surface area (Å²) in [4.78, 5) is 23.4. The van der Waals surface area contributed by atoms with Gasteiger partial charge in [0.1, 0.15) is 11.2 Å². The van der Waals surface area contributed by atoms with Crippen LogP contribution in [0.3, 0.4) is 0 Å². The third-order valence-corrected chi connectivity index (χ3v) is 2.37. The van der Waals surface area contributed by atoms with E-state index < -0.39 is 23.4 Å². The van der Waals surface area contributed by atoms with Crippen molar-refractivity contribution in [1.29, 1.82) is 0 Å². The van der Waals surface area contributed by atoms with Gasteiger partial charge in [0.15, 0.2) is 0 Å². The third kappa shape index (κ3) is 12.3. The lowest BCUT2D eigenvalue weighted by Gasteiger charge is -2.25. The lowest BCUT2D eigenvalue weighted by Crippen LogP contribution is -2.46. The quantitative estimate of drug-likeness (QED) is 0.696. The van der Waals surface area contributed by atoms with Crippen LogP contribution in [0.1, 0.15) is 54.4 Å². The average molecular weight is 317 g/mol. The van der Waals surface area contributed by atoms with Gasteiger partial charge < -0.3 is 25.8 Å². The first kappa shape index (κ1) is 20.5. The van der Waals surface area contributed by atoms with Gasteiger partial charge in [-0.15, -0.1) is 0 Å². The van der Waals surface area contributed by atoms with Gasteiger partial charge in [0, 0.05) is 12.6 Å². The van der Waals surface area contributed by atoms with E-state index in [4.69, 9.17) is 15.2 Å². The molecule has 0 radical (unpaired) electrons. The van der Waals surface area contributed by atoms with Crippen LogP contribution < -0.4 is 16.4 Å². The second-order valence-corrected chi connectivity index (χ2v) is 7.16. The molecule has 0 aliphatic rings. The highest BCUT2D eigenvalue weighted by Crippen LogP contribution is 2.08. The van der Waals surface area contributed by atoms with Gasteiger partial charge in [-0.05, 0) is 60.9 Å². The summed E-state index contributed by atoms with van der Waals surface area (Å²) in [5, 5.41) is 5.38. The van der Waals surface area contributed by atoms with E-state index >= 15 is 0 Å². The second-order valence-electron chi connectivity index (χ2n) is 7.16. The van der Waals surface area contributed by atoms with Crippen molar-refractivity contribution in [3.8, 4) is 0 Å². The molecular formula is C15H31N3O4. The maximum absolute atomic E-state index is 11.8. The second kappa shape index (κ2) is 8.82. The van der Waals surface area contributed by atoms with E-state index in [9.17, 15) is 9.59 Å². The number of alkyl carbamates (subject to hydrolysis) is 2. The van der Waals surface area contributed by atoms with Crippen LogP contribution in [0.4, 0.5) is 9.59 Å². The van der Waals surface area contributed by atoms with Crippen molar-refractivity contribution < 1.29 is 19.1 Å². The molecule has 7 heteroatoms. The summed E-state index contributed by atoms with van der Waals surface area (Å²) in [7, 11) is 0. The monoisotopic (exact) mass is 317 g/mol. The van der Waals surface area contributed by atoms with Crippen LogP contribution in [0.5, 0.6) is 0 Å². The van der Waals surface area contributed by atoms with Crippen molar-refractivity contribution in [3.05, 3.63) is 0 Å². The molecule has 22 heavy (non-hydrogen) atoms. The van der Waals surface area contributed by atoms with E-state index in [2.05, 4.69) is 10.6 Å². The molecule has 0 bridgehead atoms. The number of hydrogen-bond acceptors (Lipinski definition) is 5. The summed E-state index contributed by atoms with van der Waals surface area (Å²) >= 11 is 0. The largest absolute Gasteiger partial charge is 0.444 e. The molecule has 0 rings (SSSR count). The Morgan fingerprint density at radius 2 is 1.50 bits per heavy atom. The molecule has 1 unspecified atom stereocenters. The molecule has 0 aromatic rings. The molecule has 2 amide bonds. The molecule has 7 nitrogen and oxygen atoms in total. The first-order valence-electron chi connectivity index (χ1n) is 7.59. The highest BCUT2D eigenvalue weighted by molar-refractivity contribution is 5.69. The van der Waals surface area contributed by atoms with Crippen LogP contribution in [0.15, 0.2) is 0 Å². The van der Waals surface area contributed by atoms with Crippen molar-refractivity contribution in [2.45, 2.75) is 71.6 Å². The van der Waals surface area contributed by atoms with Gasteiger partial charge in [-0.1, -0.05) is 0 Å². The Labute approximate surface area is 133 Å². The van der Waals surface area contributed by atoms with Crippen molar-refractivity contribution in [1.82, 2.24) is 10.6 Å². The standard InChI is InChI=1S/C15H31N3O4/c1-14(2,3)21-12(19)17-10-11(8-7-9-16)18-13(20)22-15(4,5)6/h11H,7-10,16H2,1-6H3,(H,17,19)(H,18,20). The fraction of sp³-hybridized carbons (Fsp3) is 0.867. The number of carbonyl (C=O) groups excluding carboxylic acids is 2. The van der Waals surface area contributed by atoms with E-state index in [1.54, 1.807) is 41.5 Å². The highest BCUT2D eigenvalue weighted by atomic mass is 16.6. The third-order valence-electron chi connectivity index (χ3n) is 2.37. The predicted octanol–water partition coefficient (Wildman–Crippen LogP) is 2.14. The van der Waals surface area contributed by atoms with Crippen molar-refractivity contribution in [3.63, 3.8) is 0 Å². The first-order chi connectivity index (χ1) is 9.93. The molecule has 0 fully saturated rings. The molecule has 0 aliphatic carbocycles. The zero-order chi connectivity index (χ0) is 17.4.